The van der Waals surface area contributed by atoms with Crippen molar-refractivity contribution in [2.75, 3.05) is 18.5 Å². The fraction of sp³-hybridized carbons (Fsp3) is 0.111. The zero-order valence-electron chi connectivity index (χ0n) is 14.1. The number of halogens is 1. The van der Waals surface area contributed by atoms with Gasteiger partial charge in [-0.05, 0) is 29.8 Å². The van der Waals surface area contributed by atoms with Crippen LogP contribution in [0.15, 0.2) is 60.0 Å². The van der Waals surface area contributed by atoms with Crippen molar-refractivity contribution in [3.8, 4) is 0 Å². The second kappa shape index (κ2) is 9.60. The Morgan fingerprint density at radius 2 is 1.81 bits per heavy atom. The number of hydrogen-bond donors (Lipinski definition) is 2. The standard InChI is InChI=1S/C18H17FN2O5S/c19-15-7-4-8-16(11-15)21-17(22)13-26-18(23)12-20-27(24,25)10-9-14-5-2-1-3-6-14/h1-11,20H,12-13H2,(H,21,22)/b10-9+. The first-order valence-electron chi connectivity index (χ1n) is 7.78. The summed E-state index contributed by atoms with van der Waals surface area (Å²) in [4.78, 5) is 23.2. The van der Waals surface area contributed by atoms with Crippen molar-refractivity contribution in [3.05, 3.63) is 71.4 Å². The average Bonchev–Trinajstić information content (AvgIpc) is 2.64. The zero-order chi connectivity index (χ0) is 19.7. The highest BCUT2D eigenvalue weighted by atomic mass is 32.2. The molecule has 0 unspecified atom stereocenters. The minimum Gasteiger partial charge on any atom is -0.455 e. The summed E-state index contributed by atoms with van der Waals surface area (Å²) in [6.45, 7) is -1.26. The topological polar surface area (TPSA) is 102 Å². The fourth-order valence-electron chi connectivity index (χ4n) is 1.90. The number of sulfonamides is 1. The van der Waals surface area contributed by atoms with E-state index < -0.39 is 40.9 Å². The molecule has 2 rings (SSSR count). The number of ether oxygens (including phenoxy) is 1. The number of esters is 1. The van der Waals surface area contributed by atoms with Crippen molar-refractivity contribution in [1.29, 1.82) is 0 Å². The summed E-state index contributed by atoms with van der Waals surface area (Å²) in [7, 11) is -3.84. The lowest BCUT2D eigenvalue weighted by Gasteiger charge is -2.07. The lowest BCUT2D eigenvalue weighted by molar-refractivity contribution is -0.146. The maximum absolute atomic E-state index is 13.0. The highest BCUT2D eigenvalue weighted by Gasteiger charge is 2.12. The van der Waals surface area contributed by atoms with Gasteiger partial charge < -0.3 is 10.1 Å². The molecule has 7 nitrogen and oxygen atoms in total. The number of hydrogen-bond acceptors (Lipinski definition) is 5. The van der Waals surface area contributed by atoms with Gasteiger partial charge in [-0.3, -0.25) is 9.59 Å². The van der Waals surface area contributed by atoms with Gasteiger partial charge in [0, 0.05) is 11.1 Å². The molecule has 0 radical (unpaired) electrons. The normalized spacial score (nSPS) is 11.3. The maximum atomic E-state index is 13.0. The molecular formula is C18H17FN2O5S. The van der Waals surface area contributed by atoms with Crippen LogP contribution in [0, 0.1) is 5.82 Å². The van der Waals surface area contributed by atoms with Gasteiger partial charge in [0.1, 0.15) is 12.4 Å². The van der Waals surface area contributed by atoms with Crippen LogP contribution in [0.2, 0.25) is 0 Å². The van der Waals surface area contributed by atoms with Crippen LogP contribution in [-0.2, 0) is 24.3 Å². The van der Waals surface area contributed by atoms with E-state index in [1.165, 1.54) is 24.3 Å². The molecule has 0 aliphatic heterocycles. The smallest absolute Gasteiger partial charge is 0.321 e. The summed E-state index contributed by atoms with van der Waals surface area (Å²) in [5.74, 6) is -2.13. The molecule has 0 aliphatic rings. The first-order valence-corrected chi connectivity index (χ1v) is 9.32. The maximum Gasteiger partial charge on any atom is 0.321 e. The molecule has 0 spiro atoms. The first kappa shape index (κ1) is 20.3. The van der Waals surface area contributed by atoms with Gasteiger partial charge in [-0.2, -0.15) is 0 Å². The second-order valence-electron chi connectivity index (χ2n) is 5.30. The molecular weight excluding hydrogens is 375 g/mol. The lowest BCUT2D eigenvalue weighted by atomic mass is 10.2. The Balaban J connectivity index is 1.75. The van der Waals surface area contributed by atoms with E-state index in [4.69, 9.17) is 0 Å². The van der Waals surface area contributed by atoms with Crippen molar-refractivity contribution < 1.29 is 27.1 Å². The Kier molecular flexibility index (Phi) is 7.21. The first-order chi connectivity index (χ1) is 12.8. The molecule has 2 N–H and O–H groups in total. The van der Waals surface area contributed by atoms with Crippen LogP contribution in [-0.4, -0.2) is 33.4 Å². The van der Waals surface area contributed by atoms with E-state index in [0.717, 1.165) is 11.5 Å². The molecule has 0 bridgehead atoms. The van der Waals surface area contributed by atoms with Crippen LogP contribution in [0.1, 0.15) is 5.56 Å². The Bertz CT molecular complexity index is 930. The number of carbonyl (C=O) groups is 2. The number of amides is 1. The molecule has 0 fully saturated rings. The van der Waals surface area contributed by atoms with Gasteiger partial charge >= 0.3 is 5.97 Å². The minimum absolute atomic E-state index is 0.211. The molecule has 0 aliphatic carbocycles. The van der Waals surface area contributed by atoms with Gasteiger partial charge in [0.25, 0.3) is 5.91 Å². The monoisotopic (exact) mass is 392 g/mol. The molecule has 9 heteroatoms. The highest BCUT2D eigenvalue weighted by Crippen LogP contribution is 2.08. The lowest BCUT2D eigenvalue weighted by Crippen LogP contribution is -2.31. The zero-order valence-corrected chi connectivity index (χ0v) is 14.9. The van der Waals surface area contributed by atoms with E-state index in [2.05, 4.69) is 10.1 Å². The summed E-state index contributed by atoms with van der Waals surface area (Å²) in [5, 5.41) is 3.27. The van der Waals surface area contributed by atoms with Crippen LogP contribution in [0.5, 0.6) is 0 Å². The highest BCUT2D eigenvalue weighted by molar-refractivity contribution is 7.92. The third-order valence-corrected chi connectivity index (χ3v) is 4.17. The summed E-state index contributed by atoms with van der Waals surface area (Å²) in [5.41, 5.74) is 0.891. The molecule has 142 valence electrons. The van der Waals surface area contributed by atoms with Gasteiger partial charge in [-0.25, -0.2) is 17.5 Å². The van der Waals surface area contributed by atoms with Crippen LogP contribution < -0.4 is 10.0 Å². The van der Waals surface area contributed by atoms with Crippen molar-refractivity contribution in [2.24, 2.45) is 0 Å². The van der Waals surface area contributed by atoms with E-state index in [1.807, 2.05) is 4.72 Å². The van der Waals surface area contributed by atoms with Crippen molar-refractivity contribution >= 4 is 33.7 Å². The molecule has 0 heterocycles. The van der Waals surface area contributed by atoms with Crippen LogP contribution in [0.25, 0.3) is 6.08 Å². The number of benzene rings is 2. The number of carbonyl (C=O) groups excluding carboxylic acids is 2. The predicted molar refractivity (Wildman–Crippen MR) is 98.4 cm³/mol. The van der Waals surface area contributed by atoms with Gasteiger partial charge in [0.2, 0.25) is 10.0 Å². The van der Waals surface area contributed by atoms with E-state index in [0.29, 0.717) is 5.56 Å². The van der Waals surface area contributed by atoms with E-state index in [9.17, 15) is 22.4 Å². The summed E-state index contributed by atoms with van der Waals surface area (Å²) >= 11 is 0. The van der Waals surface area contributed by atoms with Crippen LogP contribution >= 0.6 is 0 Å². The van der Waals surface area contributed by atoms with Crippen molar-refractivity contribution in [3.63, 3.8) is 0 Å². The Hall–Kier alpha value is -3.04. The molecule has 0 atom stereocenters. The van der Waals surface area contributed by atoms with Gasteiger partial charge in [0.05, 0.1) is 0 Å². The van der Waals surface area contributed by atoms with Crippen LogP contribution in [0.4, 0.5) is 10.1 Å². The molecule has 27 heavy (non-hydrogen) atoms. The predicted octanol–water partition coefficient (Wildman–Crippen LogP) is 1.90. The molecule has 1 amide bonds. The quantitative estimate of drug-likeness (QED) is 0.668. The Labute approximate surface area is 155 Å². The molecule has 2 aromatic rings. The van der Waals surface area contributed by atoms with E-state index in [1.54, 1.807) is 30.3 Å². The Morgan fingerprint density at radius 3 is 2.52 bits per heavy atom. The van der Waals surface area contributed by atoms with Crippen LogP contribution in [0.3, 0.4) is 0 Å². The summed E-state index contributed by atoms with van der Waals surface area (Å²) in [6.07, 6.45) is 1.38. The molecule has 0 aromatic heterocycles. The SMILES string of the molecule is O=C(COC(=O)CNS(=O)(=O)/C=C/c1ccccc1)Nc1cccc(F)c1. The molecule has 0 saturated carbocycles. The number of nitrogens with one attached hydrogen (secondary N) is 2. The van der Waals surface area contributed by atoms with Crippen molar-refractivity contribution in [1.82, 2.24) is 4.72 Å². The summed E-state index contributed by atoms with van der Waals surface area (Å²) in [6, 6.07) is 13.9. The van der Waals surface area contributed by atoms with E-state index >= 15 is 0 Å². The number of rotatable bonds is 8. The van der Waals surface area contributed by atoms with Gasteiger partial charge in [0.15, 0.2) is 6.61 Å². The Morgan fingerprint density at radius 1 is 1.07 bits per heavy atom. The van der Waals surface area contributed by atoms with Gasteiger partial charge in [-0.15, -0.1) is 0 Å². The van der Waals surface area contributed by atoms with Crippen molar-refractivity contribution in [2.45, 2.75) is 0 Å². The molecule has 0 saturated heterocycles. The van der Waals surface area contributed by atoms with E-state index in [-0.39, 0.29) is 5.69 Å². The minimum atomic E-state index is -3.84. The molecule has 2 aromatic carbocycles. The number of anilines is 1. The third kappa shape index (κ3) is 7.80. The summed E-state index contributed by atoms with van der Waals surface area (Å²) < 4.78 is 43.3. The van der Waals surface area contributed by atoms with Gasteiger partial charge in [-0.1, -0.05) is 36.4 Å². The third-order valence-electron chi connectivity index (χ3n) is 3.13. The second-order valence-corrected chi connectivity index (χ2v) is 6.95. The largest absolute Gasteiger partial charge is 0.455 e. The average molecular weight is 392 g/mol. The fourth-order valence-corrected chi connectivity index (χ4v) is 2.65.